The summed E-state index contributed by atoms with van der Waals surface area (Å²) in [5.74, 6) is -0.523. The highest BCUT2D eigenvalue weighted by Crippen LogP contribution is 2.23. The van der Waals surface area contributed by atoms with Crippen molar-refractivity contribution in [3.8, 4) is 0 Å². The standard InChI is InChI=1S/C16H22FNO2/c1-2-3-12-6-8-18(9-7-12)11-14-10-13(16(19)20)4-5-15(14)17/h4-5,10,12H,2-3,6-9,11H2,1H3,(H,19,20). The minimum Gasteiger partial charge on any atom is -0.478 e. The molecule has 1 saturated heterocycles. The fraction of sp³-hybridized carbons (Fsp3) is 0.562. The van der Waals surface area contributed by atoms with Gasteiger partial charge in [0.1, 0.15) is 5.82 Å². The number of nitrogens with zero attached hydrogens (tertiary/aromatic N) is 1. The molecular weight excluding hydrogens is 257 g/mol. The molecule has 1 aromatic carbocycles. The summed E-state index contributed by atoms with van der Waals surface area (Å²) in [5, 5.41) is 8.96. The van der Waals surface area contributed by atoms with Crippen LogP contribution in [-0.2, 0) is 6.54 Å². The molecule has 0 amide bonds. The van der Waals surface area contributed by atoms with E-state index in [0.29, 0.717) is 12.1 Å². The number of carbonyl (C=O) groups is 1. The van der Waals surface area contributed by atoms with E-state index in [-0.39, 0.29) is 11.4 Å². The molecule has 4 heteroatoms. The normalized spacial score (nSPS) is 17.3. The van der Waals surface area contributed by atoms with Gasteiger partial charge >= 0.3 is 5.97 Å². The molecule has 1 heterocycles. The Bertz CT molecular complexity index is 468. The van der Waals surface area contributed by atoms with Crippen molar-refractivity contribution in [2.75, 3.05) is 13.1 Å². The van der Waals surface area contributed by atoms with Crippen LogP contribution in [-0.4, -0.2) is 29.1 Å². The van der Waals surface area contributed by atoms with Gasteiger partial charge in [-0.1, -0.05) is 19.8 Å². The Labute approximate surface area is 119 Å². The Morgan fingerprint density at radius 2 is 2.10 bits per heavy atom. The largest absolute Gasteiger partial charge is 0.478 e. The number of hydrogen-bond donors (Lipinski definition) is 1. The van der Waals surface area contributed by atoms with Crippen LogP contribution >= 0.6 is 0 Å². The predicted molar refractivity (Wildman–Crippen MR) is 76.3 cm³/mol. The molecule has 0 saturated carbocycles. The summed E-state index contributed by atoms with van der Waals surface area (Å²) in [6.45, 7) is 4.66. The van der Waals surface area contributed by atoms with Crippen LogP contribution in [0.25, 0.3) is 0 Å². The number of aromatic carboxylic acids is 1. The van der Waals surface area contributed by atoms with Crippen LogP contribution in [0, 0.1) is 11.7 Å². The quantitative estimate of drug-likeness (QED) is 0.896. The van der Waals surface area contributed by atoms with Gasteiger partial charge < -0.3 is 5.11 Å². The van der Waals surface area contributed by atoms with Gasteiger partial charge in [-0.05, 0) is 50.0 Å². The highest BCUT2D eigenvalue weighted by Gasteiger charge is 2.19. The molecule has 1 aliphatic heterocycles. The third kappa shape index (κ3) is 3.79. The summed E-state index contributed by atoms with van der Waals surface area (Å²) >= 11 is 0. The molecule has 20 heavy (non-hydrogen) atoms. The monoisotopic (exact) mass is 279 g/mol. The van der Waals surface area contributed by atoms with E-state index < -0.39 is 5.97 Å². The topological polar surface area (TPSA) is 40.5 Å². The Kier molecular flexibility index (Phi) is 5.12. The summed E-state index contributed by atoms with van der Waals surface area (Å²) in [4.78, 5) is 13.2. The minimum atomic E-state index is -1.01. The van der Waals surface area contributed by atoms with Crippen LogP contribution in [0.3, 0.4) is 0 Å². The molecule has 0 spiro atoms. The lowest BCUT2D eigenvalue weighted by Crippen LogP contribution is -2.33. The van der Waals surface area contributed by atoms with E-state index in [4.69, 9.17) is 5.11 Å². The number of carboxylic acids is 1. The number of rotatable bonds is 5. The minimum absolute atomic E-state index is 0.155. The molecule has 1 fully saturated rings. The van der Waals surface area contributed by atoms with Crippen molar-refractivity contribution in [1.29, 1.82) is 0 Å². The zero-order chi connectivity index (χ0) is 14.5. The average molecular weight is 279 g/mol. The third-order valence-corrected chi connectivity index (χ3v) is 4.09. The third-order valence-electron chi connectivity index (χ3n) is 4.09. The van der Waals surface area contributed by atoms with Gasteiger partial charge in [-0.3, -0.25) is 4.90 Å². The summed E-state index contributed by atoms with van der Waals surface area (Å²) in [5.41, 5.74) is 0.640. The molecule has 0 bridgehead atoms. The van der Waals surface area contributed by atoms with E-state index in [1.54, 1.807) is 0 Å². The van der Waals surface area contributed by atoms with Crippen molar-refractivity contribution in [3.05, 3.63) is 35.1 Å². The first-order valence-corrected chi connectivity index (χ1v) is 7.34. The van der Waals surface area contributed by atoms with Crippen LogP contribution in [0.1, 0.15) is 48.5 Å². The van der Waals surface area contributed by atoms with Crippen LogP contribution in [0.4, 0.5) is 4.39 Å². The Balaban J connectivity index is 1.97. The molecule has 0 aromatic heterocycles. The van der Waals surface area contributed by atoms with E-state index in [9.17, 15) is 9.18 Å². The molecule has 3 nitrogen and oxygen atoms in total. The number of likely N-dealkylation sites (tertiary alicyclic amines) is 1. The Morgan fingerprint density at radius 1 is 1.40 bits per heavy atom. The van der Waals surface area contributed by atoms with Gasteiger partial charge in [0.2, 0.25) is 0 Å². The highest BCUT2D eigenvalue weighted by molar-refractivity contribution is 5.87. The van der Waals surface area contributed by atoms with Gasteiger partial charge in [0.05, 0.1) is 5.56 Å². The van der Waals surface area contributed by atoms with Crippen molar-refractivity contribution in [2.45, 2.75) is 39.2 Å². The van der Waals surface area contributed by atoms with Crippen molar-refractivity contribution in [3.63, 3.8) is 0 Å². The number of halogens is 1. The average Bonchev–Trinajstić information content (AvgIpc) is 2.43. The van der Waals surface area contributed by atoms with Crippen LogP contribution in [0.15, 0.2) is 18.2 Å². The maximum Gasteiger partial charge on any atom is 0.335 e. The zero-order valence-electron chi connectivity index (χ0n) is 11.9. The SMILES string of the molecule is CCCC1CCN(Cc2cc(C(=O)O)ccc2F)CC1. The lowest BCUT2D eigenvalue weighted by Gasteiger charge is -2.32. The predicted octanol–water partition coefficient (Wildman–Crippen LogP) is 3.54. The molecule has 1 N–H and O–H groups in total. The Morgan fingerprint density at radius 3 is 2.70 bits per heavy atom. The Hall–Kier alpha value is -1.42. The van der Waals surface area contributed by atoms with E-state index in [1.807, 2.05) is 0 Å². The first-order chi connectivity index (χ1) is 9.60. The number of piperidine rings is 1. The second kappa shape index (κ2) is 6.84. The highest BCUT2D eigenvalue weighted by atomic mass is 19.1. The summed E-state index contributed by atoms with van der Waals surface area (Å²) in [6, 6.07) is 4.02. The second-order valence-electron chi connectivity index (χ2n) is 5.62. The van der Waals surface area contributed by atoms with Crippen molar-refractivity contribution < 1.29 is 14.3 Å². The molecule has 2 rings (SSSR count). The van der Waals surface area contributed by atoms with Crippen molar-refractivity contribution >= 4 is 5.97 Å². The van der Waals surface area contributed by atoms with Crippen molar-refractivity contribution in [2.24, 2.45) is 5.92 Å². The van der Waals surface area contributed by atoms with Gasteiger partial charge in [-0.15, -0.1) is 0 Å². The van der Waals surface area contributed by atoms with Gasteiger partial charge in [0.15, 0.2) is 0 Å². The van der Waals surface area contributed by atoms with Crippen LogP contribution in [0.2, 0.25) is 0 Å². The molecule has 0 atom stereocenters. The second-order valence-corrected chi connectivity index (χ2v) is 5.62. The lowest BCUT2D eigenvalue weighted by atomic mass is 9.92. The number of benzene rings is 1. The molecular formula is C16H22FNO2. The molecule has 110 valence electrons. The molecule has 1 aromatic rings. The molecule has 1 aliphatic rings. The summed E-state index contributed by atoms with van der Waals surface area (Å²) in [6.07, 6.45) is 4.82. The maximum absolute atomic E-state index is 13.8. The van der Waals surface area contributed by atoms with E-state index in [1.165, 1.54) is 31.0 Å². The molecule has 0 aliphatic carbocycles. The van der Waals surface area contributed by atoms with Crippen molar-refractivity contribution in [1.82, 2.24) is 4.90 Å². The van der Waals surface area contributed by atoms with E-state index in [2.05, 4.69) is 11.8 Å². The smallest absolute Gasteiger partial charge is 0.335 e. The first-order valence-electron chi connectivity index (χ1n) is 7.34. The summed E-state index contributed by atoms with van der Waals surface area (Å²) < 4.78 is 13.8. The first kappa shape index (κ1) is 15.0. The van der Waals surface area contributed by atoms with Gasteiger partial charge in [-0.25, -0.2) is 9.18 Å². The number of hydrogen-bond acceptors (Lipinski definition) is 2. The van der Waals surface area contributed by atoms with Gasteiger partial charge in [0, 0.05) is 12.1 Å². The molecule has 0 radical (unpaired) electrons. The lowest BCUT2D eigenvalue weighted by molar-refractivity contribution is 0.0696. The van der Waals surface area contributed by atoms with Gasteiger partial charge in [-0.2, -0.15) is 0 Å². The maximum atomic E-state index is 13.8. The zero-order valence-corrected chi connectivity index (χ0v) is 11.9. The van der Waals surface area contributed by atoms with E-state index >= 15 is 0 Å². The molecule has 0 unspecified atom stereocenters. The van der Waals surface area contributed by atoms with Crippen LogP contribution < -0.4 is 0 Å². The van der Waals surface area contributed by atoms with Crippen LogP contribution in [0.5, 0.6) is 0 Å². The van der Waals surface area contributed by atoms with E-state index in [0.717, 1.165) is 31.8 Å². The van der Waals surface area contributed by atoms with Gasteiger partial charge in [0.25, 0.3) is 0 Å². The fourth-order valence-corrected chi connectivity index (χ4v) is 2.91. The summed E-state index contributed by atoms with van der Waals surface area (Å²) in [7, 11) is 0. The fourth-order valence-electron chi connectivity index (χ4n) is 2.91. The number of carboxylic acid groups (broad SMARTS) is 1.